The maximum absolute atomic E-state index is 5.35. The molecular weight excluding hydrogens is 323 g/mol. The summed E-state index contributed by atoms with van der Waals surface area (Å²) < 4.78 is 0. The average Bonchev–Trinajstić information content (AvgIpc) is 2.58. The van der Waals surface area contributed by atoms with E-state index in [-0.39, 0.29) is 51.4 Å². The number of hydrogen-bond acceptors (Lipinski definition) is 3. The van der Waals surface area contributed by atoms with E-state index in [0.717, 1.165) is 17.7 Å². The summed E-state index contributed by atoms with van der Waals surface area (Å²) in [6.45, 7) is 13.0. The number of hydroxylamine groups is 1. The van der Waals surface area contributed by atoms with Gasteiger partial charge in [0.1, 0.15) is 0 Å². The molecule has 1 aromatic rings. The normalized spacial score (nSPS) is 11.8. The molecule has 0 saturated heterocycles. The fraction of sp³-hybridized carbons (Fsp3) is 0.200. The van der Waals surface area contributed by atoms with Crippen molar-refractivity contribution in [2.24, 2.45) is 4.99 Å². The van der Waals surface area contributed by atoms with Gasteiger partial charge in [0, 0.05) is 12.6 Å². The number of nitrogens with one attached hydrogen (secondary N) is 1. The van der Waals surface area contributed by atoms with Crippen LogP contribution in [0.4, 0.5) is 0 Å². The Morgan fingerprint density at radius 3 is 2.25 bits per heavy atom. The van der Waals surface area contributed by atoms with Crippen molar-refractivity contribution in [2.45, 2.75) is 20.3 Å². The van der Waals surface area contributed by atoms with Crippen LogP contribution in [0.3, 0.4) is 0 Å². The van der Waals surface area contributed by atoms with Gasteiger partial charge in [-0.05, 0) is 17.8 Å². The second-order valence-corrected chi connectivity index (χ2v) is 4.22. The number of nitrogens with zero attached hydrogens (tertiary/aromatic N) is 1. The van der Waals surface area contributed by atoms with Crippen LogP contribution in [0.1, 0.15) is 25.8 Å². The minimum Gasteiger partial charge on any atom is -0.518 e. The Labute approximate surface area is 189 Å². The molecule has 0 saturated carbocycles. The minimum atomic E-state index is 0. The van der Waals surface area contributed by atoms with Gasteiger partial charge in [0.2, 0.25) is 5.90 Å². The zero-order valence-corrected chi connectivity index (χ0v) is 18.2. The van der Waals surface area contributed by atoms with E-state index in [1.165, 1.54) is 12.2 Å². The van der Waals surface area contributed by atoms with Crippen molar-refractivity contribution in [2.75, 3.05) is 7.05 Å². The first-order valence-electron chi connectivity index (χ1n) is 7.40. The summed E-state index contributed by atoms with van der Waals surface area (Å²) in [5, 5.41) is 0. The summed E-state index contributed by atoms with van der Waals surface area (Å²) in [6, 6.07) is 9.82. The third-order valence-electron chi connectivity index (χ3n) is 2.32. The van der Waals surface area contributed by atoms with Crippen LogP contribution >= 0.6 is 0 Å². The van der Waals surface area contributed by atoms with E-state index in [1.54, 1.807) is 20.9 Å². The van der Waals surface area contributed by atoms with Crippen LogP contribution in [0.15, 0.2) is 71.4 Å². The van der Waals surface area contributed by atoms with Crippen molar-refractivity contribution in [1.82, 2.24) is 5.48 Å². The molecule has 24 heavy (non-hydrogen) atoms. The molecule has 1 aromatic carbocycles. The molecule has 1 N–H and O–H groups in total. The maximum Gasteiger partial charge on any atom is 1.00 e. The van der Waals surface area contributed by atoms with Gasteiger partial charge >= 0.3 is 51.4 Å². The first kappa shape index (κ1) is 25.4. The van der Waals surface area contributed by atoms with E-state index in [9.17, 15) is 0 Å². The topological polar surface area (TPSA) is 33.6 Å². The summed E-state index contributed by atoms with van der Waals surface area (Å²) in [4.78, 5) is 9.83. The number of aliphatic imine (C=N–C) groups is 1. The fourth-order valence-corrected chi connectivity index (χ4v) is 1.53. The Hall–Kier alpha value is -0.884. The Bertz CT molecular complexity index is 528. The molecular formula is C20H25KN2O-2. The van der Waals surface area contributed by atoms with Crippen molar-refractivity contribution >= 4 is 5.90 Å². The van der Waals surface area contributed by atoms with Crippen LogP contribution in [0.25, 0.3) is 0 Å². The molecule has 0 radical (unpaired) electrons. The predicted molar refractivity (Wildman–Crippen MR) is 98.4 cm³/mol. The SMILES string of the molecule is CNOC(=NC1=CC[CH-]C=C1)c1ccccc1.[CH-]=CC.[CH-]=CC.[K+]. The Balaban J connectivity index is 0. The van der Waals surface area contributed by atoms with E-state index in [0.29, 0.717) is 5.90 Å². The quantitative estimate of drug-likeness (QED) is 0.296. The average molecular weight is 349 g/mol. The predicted octanol–water partition coefficient (Wildman–Crippen LogP) is 1.63. The van der Waals surface area contributed by atoms with Crippen molar-refractivity contribution in [3.8, 4) is 0 Å². The van der Waals surface area contributed by atoms with Gasteiger partial charge in [0.25, 0.3) is 0 Å². The van der Waals surface area contributed by atoms with Crippen LogP contribution in [0, 0.1) is 19.6 Å². The zero-order valence-electron chi connectivity index (χ0n) is 15.1. The zero-order chi connectivity index (χ0) is 17.3. The molecule has 0 aromatic heterocycles. The molecule has 2 rings (SSSR count). The Morgan fingerprint density at radius 2 is 1.79 bits per heavy atom. The summed E-state index contributed by atoms with van der Waals surface area (Å²) in [6.07, 6.45) is 12.0. The van der Waals surface area contributed by atoms with E-state index < -0.39 is 0 Å². The second kappa shape index (κ2) is 18.5. The van der Waals surface area contributed by atoms with Gasteiger partial charge in [-0.25, -0.2) is 17.5 Å². The van der Waals surface area contributed by atoms with Crippen LogP contribution < -0.4 is 56.9 Å². The van der Waals surface area contributed by atoms with E-state index in [1.807, 2.05) is 42.5 Å². The molecule has 0 fully saturated rings. The maximum atomic E-state index is 5.35. The van der Waals surface area contributed by atoms with Crippen molar-refractivity contribution in [1.29, 1.82) is 0 Å². The first-order valence-corrected chi connectivity index (χ1v) is 7.40. The molecule has 1 aliphatic rings. The summed E-state index contributed by atoms with van der Waals surface area (Å²) in [5.74, 6) is 0.575. The fourth-order valence-electron chi connectivity index (χ4n) is 1.53. The van der Waals surface area contributed by atoms with Crippen LogP contribution in [-0.2, 0) is 4.84 Å². The molecule has 1 aliphatic carbocycles. The number of allylic oxidation sites excluding steroid dienone is 5. The largest absolute Gasteiger partial charge is 1.00 e. The van der Waals surface area contributed by atoms with Crippen molar-refractivity contribution in [3.63, 3.8) is 0 Å². The molecule has 124 valence electrons. The number of hydrogen-bond donors (Lipinski definition) is 1. The number of benzene rings is 1. The van der Waals surface area contributed by atoms with Crippen LogP contribution in [-0.4, -0.2) is 12.9 Å². The molecule has 3 nitrogen and oxygen atoms in total. The third-order valence-corrected chi connectivity index (χ3v) is 2.32. The molecule has 0 unspecified atom stereocenters. The van der Waals surface area contributed by atoms with Crippen LogP contribution in [0.5, 0.6) is 0 Å². The van der Waals surface area contributed by atoms with E-state index >= 15 is 0 Å². The van der Waals surface area contributed by atoms with Gasteiger partial charge in [0.15, 0.2) is 0 Å². The molecule has 4 heteroatoms. The van der Waals surface area contributed by atoms with E-state index in [4.69, 9.17) is 18.0 Å². The van der Waals surface area contributed by atoms with Crippen LogP contribution in [0.2, 0.25) is 0 Å². The smallest absolute Gasteiger partial charge is 0.518 e. The first-order chi connectivity index (χ1) is 11.2. The summed E-state index contributed by atoms with van der Waals surface area (Å²) in [7, 11) is 1.72. The molecule has 0 heterocycles. The second-order valence-electron chi connectivity index (χ2n) is 4.22. The minimum absolute atomic E-state index is 0. The molecule has 0 aliphatic heterocycles. The Morgan fingerprint density at radius 1 is 1.21 bits per heavy atom. The number of rotatable bonds is 3. The Kier molecular flexibility index (Phi) is 19.5. The van der Waals surface area contributed by atoms with Gasteiger partial charge in [0.05, 0.1) is 0 Å². The molecule has 0 bridgehead atoms. The van der Waals surface area contributed by atoms with Gasteiger partial charge in [-0.15, -0.1) is 0 Å². The third kappa shape index (κ3) is 12.5. The van der Waals surface area contributed by atoms with E-state index in [2.05, 4.69) is 23.0 Å². The van der Waals surface area contributed by atoms with Gasteiger partial charge in [-0.3, -0.25) is 12.2 Å². The van der Waals surface area contributed by atoms with Gasteiger partial charge < -0.3 is 18.0 Å². The van der Waals surface area contributed by atoms with Gasteiger partial charge in [-0.2, -0.15) is 11.6 Å². The summed E-state index contributed by atoms with van der Waals surface area (Å²) >= 11 is 0. The van der Waals surface area contributed by atoms with Gasteiger partial charge in [-0.1, -0.05) is 44.5 Å². The van der Waals surface area contributed by atoms with Crippen molar-refractivity contribution in [3.05, 3.63) is 91.6 Å². The molecule has 0 atom stereocenters. The monoisotopic (exact) mass is 348 g/mol. The molecule has 0 spiro atoms. The standard InChI is InChI=1S/C14H15N2O.2C3H5.K/c1-15-17-14(12-8-4-2-5-9-12)16-13-10-6-3-7-11-13;2*1-3-2;/h2-6,8-11,15H,7H2,1H3;2*1,3H,2H3;/q3*-1;+1. The van der Waals surface area contributed by atoms with Crippen molar-refractivity contribution < 1.29 is 56.2 Å². The summed E-state index contributed by atoms with van der Waals surface area (Å²) in [5.41, 5.74) is 4.53. The molecule has 0 amide bonds.